The van der Waals surface area contributed by atoms with Gasteiger partial charge in [0.2, 0.25) is 0 Å². The maximum atomic E-state index is 11.8. The molecule has 1 aliphatic rings. The topological polar surface area (TPSA) is 93.7 Å². The molecule has 1 aliphatic heterocycles. The lowest BCUT2D eigenvalue weighted by Gasteiger charge is -2.10. The number of ether oxygens (including phenoxy) is 2. The molecule has 0 saturated carbocycles. The molecule has 1 fully saturated rings. The van der Waals surface area contributed by atoms with Crippen LogP contribution in [0.5, 0.6) is 0 Å². The molecule has 2 N–H and O–H groups in total. The average molecular weight is 326 g/mol. The molecule has 1 saturated heterocycles. The second-order valence-corrected chi connectivity index (χ2v) is 5.60. The Kier molecular flexibility index (Phi) is 5.91. The molecule has 8 heteroatoms. The van der Waals surface area contributed by atoms with E-state index in [1.54, 1.807) is 18.4 Å². The van der Waals surface area contributed by atoms with Crippen molar-refractivity contribution in [1.82, 2.24) is 5.32 Å². The number of esters is 1. The Morgan fingerprint density at radius 1 is 1.41 bits per heavy atom. The van der Waals surface area contributed by atoms with Crippen LogP contribution in [0.15, 0.2) is 11.4 Å². The minimum Gasteiger partial charge on any atom is -0.462 e. The van der Waals surface area contributed by atoms with Gasteiger partial charge >= 0.3 is 17.8 Å². The van der Waals surface area contributed by atoms with Gasteiger partial charge in [0.1, 0.15) is 5.00 Å². The predicted octanol–water partition coefficient (Wildman–Crippen LogP) is 1.16. The number of nitrogens with one attached hydrogen (secondary N) is 2. The van der Waals surface area contributed by atoms with Gasteiger partial charge in [-0.25, -0.2) is 4.79 Å². The molecule has 1 aromatic heterocycles. The first-order valence-corrected chi connectivity index (χ1v) is 7.95. The molecule has 0 aliphatic carbocycles. The summed E-state index contributed by atoms with van der Waals surface area (Å²) in [4.78, 5) is 35.3. The summed E-state index contributed by atoms with van der Waals surface area (Å²) < 4.78 is 10.2. The fourth-order valence-electron chi connectivity index (χ4n) is 2.03. The van der Waals surface area contributed by atoms with Crippen LogP contribution in [-0.4, -0.2) is 43.6 Å². The lowest BCUT2D eigenvalue weighted by atomic mass is 10.2. The van der Waals surface area contributed by atoms with Crippen molar-refractivity contribution in [2.24, 2.45) is 0 Å². The Bertz CT molecular complexity index is 551. The van der Waals surface area contributed by atoms with Gasteiger partial charge in [0, 0.05) is 13.2 Å². The number of carbonyl (C=O) groups is 3. The average Bonchev–Trinajstić information content (AvgIpc) is 3.16. The molecular formula is C14H18N2O5S. The first kappa shape index (κ1) is 16.4. The van der Waals surface area contributed by atoms with Gasteiger partial charge in [0.15, 0.2) is 0 Å². The van der Waals surface area contributed by atoms with Gasteiger partial charge in [0.25, 0.3) is 0 Å². The minimum absolute atomic E-state index is 0.0337. The first-order chi connectivity index (χ1) is 10.6. The summed E-state index contributed by atoms with van der Waals surface area (Å²) in [7, 11) is 0. The number of hydrogen-bond acceptors (Lipinski definition) is 6. The van der Waals surface area contributed by atoms with E-state index in [1.165, 1.54) is 0 Å². The van der Waals surface area contributed by atoms with Gasteiger partial charge in [-0.15, -0.1) is 11.3 Å². The van der Waals surface area contributed by atoms with Crippen molar-refractivity contribution in [1.29, 1.82) is 0 Å². The Balaban J connectivity index is 1.87. The van der Waals surface area contributed by atoms with E-state index in [1.807, 2.05) is 0 Å². The fourth-order valence-corrected chi connectivity index (χ4v) is 2.80. The van der Waals surface area contributed by atoms with Crippen LogP contribution < -0.4 is 10.6 Å². The third kappa shape index (κ3) is 4.28. The summed E-state index contributed by atoms with van der Waals surface area (Å²) >= 11 is 1.16. The molecule has 0 bridgehead atoms. The van der Waals surface area contributed by atoms with Crippen LogP contribution in [-0.2, 0) is 19.1 Å². The first-order valence-electron chi connectivity index (χ1n) is 7.07. The van der Waals surface area contributed by atoms with Crippen molar-refractivity contribution in [3.63, 3.8) is 0 Å². The SMILES string of the molecule is CCOC(=O)c1ccsc1NC(=O)C(=O)NCC1CCCO1. The smallest absolute Gasteiger partial charge is 0.341 e. The highest BCUT2D eigenvalue weighted by atomic mass is 32.1. The molecule has 1 unspecified atom stereocenters. The Morgan fingerprint density at radius 2 is 2.23 bits per heavy atom. The van der Waals surface area contributed by atoms with Gasteiger partial charge < -0.3 is 20.1 Å². The lowest BCUT2D eigenvalue weighted by Crippen LogP contribution is -2.39. The van der Waals surface area contributed by atoms with Crippen molar-refractivity contribution < 1.29 is 23.9 Å². The van der Waals surface area contributed by atoms with Crippen LogP contribution in [0.4, 0.5) is 5.00 Å². The van der Waals surface area contributed by atoms with E-state index < -0.39 is 17.8 Å². The standard InChI is InChI=1S/C14H18N2O5S/c1-2-20-14(19)10-5-7-22-13(10)16-12(18)11(17)15-8-9-4-3-6-21-9/h5,7,9H,2-4,6,8H2,1H3,(H,15,17)(H,16,18). The van der Waals surface area contributed by atoms with Crippen LogP contribution in [0, 0.1) is 0 Å². The highest BCUT2D eigenvalue weighted by molar-refractivity contribution is 7.14. The maximum absolute atomic E-state index is 11.8. The van der Waals surface area contributed by atoms with Crippen LogP contribution >= 0.6 is 11.3 Å². The largest absolute Gasteiger partial charge is 0.462 e. The molecule has 22 heavy (non-hydrogen) atoms. The minimum atomic E-state index is -0.814. The second-order valence-electron chi connectivity index (χ2n) is 4.68. The van der Waals surface area contributed by atoms with Gasteiger partial charge in [-0.1, -0.05) is 0 Å². The van der Waals surface area contributed by atoms with Crippen molar-refractivity contribution in [2.45, 2.75) is 25.9 Å². The normalized spacial score (nSPS) is 17.0. The Hall–Kier alpha value is -1.93. The second kappa shape index (κ2) is 7.90. The summed E-state index contributed by atoms with van der Waals surface area (Å²) in [5.74, 6) is -2.09. The van der Waals surface area contributed by atoms with Crippen molar-refractivity contribution >= 4 is 34.1 Å². The summed E-state index contributed by atoms with van der Waals surface area (Å²) in [6.07, 6.45) is 1.80. The molecule has 1 atom stereocenters. The number of rotatable bonds is 5. The van der Waals surface area contributed by atoms with E-state index in [2.05, 4.69) is 10.6 Å². The molecule has 0 aromatic carbocycles. The van der Waals surface area contributed by atoms with Crippen molar-refractivity contribution in [2.75, 3.05) is 25.1 Å². The molecule has 120 valence electrons. The molecule has 7 nitrogen and oxygen atoms in total. The van der Waals surface area contributed by atoms with Gasteiger partial charge in [-0.05, 0) is 31.2 Å². The van der Waals surface area contributed by atoms with Crippen molar-refractivity contribution in [3.05, 3.63) is 17.0 Å². The number of amides is 2. The third-order valence-electron chi connectivity index (χ3n) is 3.11. The van der Waals surface area contributed by atoms with E-state index in [-0.39, 0.29) is 18.3 Å². The summed E-state index contributed by atoms with van der Waals surface area (Å²) in [5, 5.41) is 6.90. The van der Waals surface area contributed by atoms with Crippen molar-refractivity contribution in [3.8, 4) is 0 Å². The number of carbonyl (C=O) groups excluding carboxylic acids is 3. The van der Waals surface area contributed by atoms with Crippen LogP contribution in [0.2, 0.25) is 0 Å². The monoisotopic (exact) mass is 326 g/mol. The van der Waals surface area contributed by atoms with Crippen LogP contribution in [0.25, 0.3) is 0 Å². The Morgan fingerprint density at radius 3 is 2.91 bits per heavy atom. The summed E-state index contributed by atoms with van der Waals surface area (Å²) in [6.45, 7) is 2.93. The quantitative estimate of drug-likeness (QED) is 0.625. The van der Waals surface area contributed by atoms with Crippen LogP contribution in [0.3, 0.4) is 0 Å². The van der Waals surface area contributed by atoms with Gasteiger partial charge in [-0.3, -0.25) is 9.59 Å². The van der Waals surface area contributed by atoms with E-state index in [4.69, 9.17) is 9.47 Å². The van der Waals surface area contributed by atoms with Gasteiger partial charge in [0.05, 0.1) is 18.3 Å². The zero-order chi connectivity index (χ0) is 15.9. The zero-order valence-electron chi connectivity index (χ0n) is 12.2. The molecular weight excluding hydrogens is 308 g/mol. The molecule has 2 rings (SSSR count). The molecule has 2 amide bonds. The molecule has 0 radical (unpaired) electrons. The predicted molar refractivity (Wildman–Crippen MR) is 80.9 cm³/mol. The lowest BCUT2D eigenvalue weighted by molar-refractivity contribution is -0.136. The highest BCUT2D eigenvalue weighted by Crippen LogP contribution is 2.23. The van der Waals surface area contributed by atoms with E-state index >= 15 is 0 Å². The number of anilines is 1. The summed E-state index contributed by atoms with van der Waals surface area (Å²) in [5.41, 5.74) is 0.243. The van der Waals surface area contributed by atoms with Gasteiger partial charge in [-0.2, -0.15) is 0 Å². The molecule has 0 spiro atoms. The summed E-state index contributed by atoms with van der Waals surface area (Å²) in [6, 6.07) is 1.54. The zero-order valence-corrected chi connectivity index (χ0v) is 13.0. The third-order valence-corrected chi connectivity index (χ3v) is 3.94. The van der Waals surface area contributed by atoms with E-state index in [9.17, 15) is 14.4 Å². The van der Waals surface area contributed by atoms with E-state index in [0.29, 0.717) is 18.2 Å². The number of thiophene rings is 1. The van der Waals surface area contributed by atoms with E-state index in [0.717, 1.165) is 24.2 Å². The highest BCUT2D eigenvalue weighted by Gasteiger charge is 2.22. The maximum Gasteiger partial charge on any atom is 0.341 e. The number of hydrogen-bond donors (Lipinski definition) is 2. The molecule has 2 heterocycles. The Labute approximate surface area is 132 Å². The molecule has 1 aromatic rings. The van der Waals surface area contributed by atoms with Crippen LogP contribution in [0.1, 0.15) is 30.1 Å². The fraction of sp³-hybridized carbons (Fsp3) is 0.500.